The van der Waals surface area contributed by atoms with Crippen molar-refractivity contribution in [3.63, 3.8) is 0 Å². The number of rotatable bonds is 58. The highest BCUT2D eigenvalue weighted by Gasteiger charge is 2.32. The Bertz CT molecular complexity index is 1030. The van der Waals surface area contributed by atoms with Crippen molar-refractivity contribution >= 4 is 17.1 Å². The maximum atomic E-state index is 6.69. The second kappa shape index (κ2) is 55.4. The van der Waals surface area contributed by atoms with Crippen LogP contribution in [0, 0.1) is 0 Å². The van der Waals surface area contributed by atoms with Gasteiger partial charge in [0.1, 0.15) is 0 Å². The van der Waals surface area contributed by atoms with Crippen LogP contribution in [-0.4, -0.2) is 93.6 Å². The summed E-state index contributed by atoms with van der Waals surface area (Å²) in [6.07, 6.45) is 65.8. The summed E-state index contributed by atoms with van der Waals surface area (Å²) in [7, 11) is 0.235. The van der Waals surface area contributed by atoms with Crippen molar-refractivity contribution in [2.24, 2.45) is 0 Å². The molecule has 6 nitrogen and oxygen atoms in total. The van der Waals surface area contributed by atoms with E-state index in [2.05, 4.69) is 113 Å². The minimum atomic E-state index is -2.20. The van der Waals surface area contributed by atoms with E-state index < -0.39 is 17.1 Å². The number of hydrogen-bond acceptors (Lipinski definition) is 6. The topological polar surface area (TPSA) is 43.4 Å². The molecule has 0 aromatic heterocycles. The summed E-state index contributed by atoms with van der Waals surface area (Å²) >= 11 is 0. The summed E-state index contributed by atoms with van der Waals surface area (Å²) in [5.41, 5.74) is 0. The van der Waals surface area contributed by atoms with Crippen LogP contribution in [0.4, 0.5) is 0 Å². The SMILES string of the molecule is CCCCCC/C=C\CCCCO[Si](C)(CCCCN(C)CCCN(C)CCCC[Si](C)(OCCCC/C=C\CCCCCC)OCCCC/C=C\CCCCCC)OCCCC/C=C\CCCCCC. The Labute approximate surface area is 448 Å². The molecule has 71 heavy (non-hydrogen) atoms. The molecule has 0 heterocycles. The number of hydrogen-bond donors (Lipinski definition) is 0. The van der Waals surface area contributed by atoms with E-state index >= 15 is 0 Å². The molecule has 0 saturated heterocycles. The zero-order chi connectivity index (χ0) is 51.9. The quantitative estimate of drug-likeness (QED) is 0.0344. The fraction of sp³-hybridized carbons (Fsp3) is 0.873. The third-order valence-electron chi connectivity index (χ3n) is 14.2. The standard InChI is InChI=1S/C63H126N2O4Si2/c1-9-13-17-21-25-29-33-37-41-47-58-66-70(7,67-59-48-42-38-34-30-26-22-18-14-10-2)62-51-45-54-64(5)56-53-57-65(6)55-46-52-63-71(8,68-60-49-43-39-35-31-27-23-19-15-11-3)69-61-50-44-40-36-32-28-24-20-16-12-4/h29-36H,9-28,37-63H2,1-8H3/b33-29-,34-30-,35-31-,36-32-. The van der Waals surface area contributed by atoms with Crippen LogP contribution in [0.1, 0.15) is 265 Å². The van der Waals surface area contributed by atoms with Gasteiger partial charge in [-0.05, 0) is 213 Å². The summed E-state index contributed by atoms with van der Waals surface area (Å²) in [6.45, 7) is 21.8. The molecule has 0 amide bonds. The smallest absolute Gasteiger partial charge is 0.334 e. The molecule has 8 heteroatoms. The van der Waals surface area contributed by atoms with Crippen LogP contribution in [0.5, 0.6) is 0 Å². The third kappa shape index (κ3) is 52.4. The van der Waals surface area contributed by atoms with Gasteiger partial charge in [0, 0.05) is 26.4 Å². The van der Waals surface area contributed by atoms with Gasteiger partial charge in [-0.2, -0.15) is 0 Å². The highest BCUT2D eigenvalue weighted by atomic mass is 28.4. The van der Waals surface area contributed by atoms with Gasteiger partial charge in [0.2, 0.25) is 0 Å². The Hall–Kier alpha value is -0.846. The molecule has 0 bridgehead atoms. The summed E-state index contributed by atoms with van der Waals surface area (Å²) in [5.74, 6) is 0. The summed E-state index contributed by atoms with van der Waals surface area (Å²) in [6, 6.07) is 2.20. The highest BCUT2D eigenvalue weighted by molar-refractivity contribution is 6.66. The fourth-order valence-corrected chi connectivity index (χ4v) is 14.0. The number of allylic oxidation sites excluding steroid dienone is 8. The van der Waals surface area contributed by atoms with E-state index in [1.54, 1.807) is 0 Å². The zero-order valence-electron chi connectivity index (χ0n) is 49.4. The van der Waals surface area contributed by atoms with Gasteiger partial charge < -0.3 is 27.5 Å². The molecular weight excluding hydrogens is 905 g/mol. The summed E-state index contributed by atoms with van der Waals surface area (Å²) in [5, 5.41) is 0. The molecule has 0 saturated carbocycles. The van der Waals surface area contributed by atoms with Gasteiger partial charge in [-0.25, -0.2) is 0 Å². The molecule has 0 fully saturated rings. The molecule has 0 aliphatic rings. The van der Waals surface area contributed by atoms with E-state index in [4.69, 9.17) is 17.7 Å². The van der Waals surface area contributed by atoms with Crippen LogP contribution in [0.25, 0.3) is 0 Å². The van der Waals surface area contributed by atoms with Gasteiger partial charge in [-0.1, -0.05) is 166 Å². The molecule has 0 aromatic rings. The second-order valence-electron chi connectivity index (χ2n) is 21.8. The molecule has 420 valence electrons. The van der Waals surface area contributed by atoms with Crippen LogP contribution < -0.4 is 0 Å². The average Bonchev–Trinajstić information content (AvgIpc) is 3.36. The molecule has 0 rings (SSSR count). The van der Waals surface area contributed by atoms with Gasteiger partial charge in [-0.15, -0.1) is 0 Å². The molecule has 0 radical (unpaired) electrons. The first-order valence-electron chi connectivity index (χ1n) is 31.3. The minimum Gasteiger partial charge on any atom is -0.394 e. The van der Waals surface area contributed by atoms with Gasteiger partial charge >= 0.3 is 17.1 Å². The molecule has 0 aromatic carbocycles. The first kappa shape index (κ1) is 70.2. The minimum absolute atomic E-state index is 0.847. The fourth-order valence-electron chi connectivity index (χ4n) is 9.17. The lowest BCUT2D eigenvalue weighted by Gasteiger charge is -2.28. The molecule has 0 atom stereocenters. The van der Waals surface area contributed by atoms with Crippen LogP contribution in [0.15, 0.2) is 48.6 Å². The predicted octanol–water partition coefficient (Wildman–Crippen LogP) is 19.8. The maximum absolute atomic E-state index is 6.69. The Kier molecular flexibility index (Phi) is 54.7. The Morgan fingerprint density at radius 1 is 0.268 bits per heavy atom. The van der Waals surface area contributed by atoms with Gasteiger partial charge in [0.05, 0.1) is 0 Å². The van der Waals surface area contributed by atoms with Crippen LogP contribution in [-0.2, 0) is 17.7 Å². The number of unbranched alkanes of at least 4 members (excludes halogenated alkanes) is 26. The van der Waals surface area contributed by atoms with Crippen molar-refractivity contribution in [1.29, 1.82) is 0 Å². The Morgan fingerprint density at radius 2 is 0.493 bits per heavy atom. The van der Waals surface area contributed by atoms with Crippen molar-refractivity contribution in [2.45, 2.75) is 290 Å². The first-order chi connectivity index (χ1) is 34.7. The lowest BCUT2D eigenvalue weighted by molar-refractivity contribution is 0.166. The predicted molar refractivity (Wildman–Crippen MR) is 322 cm³/mol. The highest BCUT2D eigenvalue weighted by Crippen LogP contribution is 2.22. The van der Waals surface area contributed by atoms with E-state index in [0.717, 1.165) is 90.4 Å². The molecule has 0 unspecified atom stereocenters. The number of nitrogens with zero attached hydrogens (tertiary/aromatic N) is 2. The largest absolute Gasteiger partial charge is 0.394 e. The molecule has 0 aliphatic carbocycles. The van der Waals surface area contributed by atoms with E-state index in [-0.39, 0.29) is 0 Å². The van der Waals surface area contributed by atoms with Crippen LogP contribution in [0.3, 0.4) is 0 Å². The normalized spacial score (nSPS) is 12.9. The van der Waals surface area contributed by atoms with E-state index in [0.29, 0.717) is 0 Å². The van der Waals surface area contributed by atoms with Crippen molar-refractivity contribution in [2.75, 3.05) is 66.7 Å². The van der Waals surface area contributed by atoms with E-state index in [1.807, 2.05) is 0 Å². The van der Waals surface area contributed by atoms with Crippen molar-refractivity contribution < 1.29 is 17.7 Å². The summed E-state index contributed by atoms with van der Waals surface area (Å²) in [4.78, 5) is 5.09. The van der Waals surface area contributed by atoms with Crippen LogP contribution in [0.2, 0.25) is 25.2 Å². The average molecular weight is 1030 g/mol. The van der Waals surface area contributed by atoms with Gasteiger partial charge in [0.25, 0.3) is 0 Å². The van der Waals surface area contributed by atoms with E-state index in [9.17, 15) is 0 Å². The van der Waals surface area contributed by atoms with E-state index in [1.165, 1.54) is 212 Å². The zero-order valence-corrected chi connectivity index (χ0v) is 51.4. The van der Waals surface area contributed by atoms with Crippen molar-refractivity contribution in [1.82, 2.24) is 9.80 Å². The van der Waals surface area contributed by atoms with Crippen molar-refractivity contribution in [3.8, 4) is 0 Å². The molecular formula is C63H126N2O4Si2. The first-order valence-corrected chi connectivity index (χ1v) is 36.3. The molecule has 0 spiro atoms. The van der Waals surface area contributed by atoms with Crippen LogP contribution >= 0.6 is 0 Å². The Morgan fingerprint density at radius 3 is 0.732 bits per heavy atom. The van der Waals surface area contributed by atoms with Crippen molar-refractivity contribution in [3.05, 3.63) is 48.6 Å². The lowest BCUT2D eigenvalue weighted by Crippen LogP contribution is -2.39. The molecule has 0 N–H and O–H groups in total. The lowest BCUT2D eigenvalue weighted by atomic mass is 10.1. The maximum Gasteiger partial charge on any atom is 0.334 e. The third-order valence-corrected chi connectivity index (χ3v) is 20.0. The van der Waals surface area contributed by atoms with Gasteiger partial charge in [0.15, 0.2) is 0 Å². The monoisotopic (exact) mass is 1030 g/mol. The van der Waals surface area contributed by atoms with Gasteiger partial charge in [-0.3, -0.25) is 0 Å². The molecule has 0 aliphatic heterocycles. The summed E-state index contributed by atoms with van der Waals surface area (Å²) < 4.78 is 26.8. The second-order valence-corrected chi connectivity index (χ2v) is 28.5. The Balaban J connectivity index is 4.71.